The quantitative estimate of drug-likeness (QED) is 0.776. The van der Waals surface area contributed by atoms with Gasteiger partial charge in [0, 0.05) is 33.9 Å². The van der Waals surface area contributed by atoms with Gasteiger partial charge in [-0.3, -0.25) is 4.79 Å². The number of halogens is 2. The van der Waals surface area contributed by atoms with Crippen molar-refractivity contribution in [1.29, 1.82) is 0 Å². The minimum absolute atomic E-state index is 0.407. The number of nitrogens with two attached hydrogens (primary N) is 1. The summed E-state index contributed by atoms with van der Waals surface area (Å²) in [7, 11) is 0. The smallest absolute Gasteiger partial charge is 0.248 e. The molecule has 0 saturated heterocycles. The molecule has 3 rings (SSSR count). The number of hydrogen-bond acceptors (Lipinski definition) is 1. The third-order valence-corrected chi connectivity index (χ3v) is 4.00. The lowest BCUT2D eigenvalue weighted by atomic mass is 10.1. The summed E-state index contributed by atoms with van der Waals surface area (Å²) in [6, 6.07) is 12.9. The zero-order valence-electron chi connectivity index (χ0n) is 11.0. The van der Waals surface area contributed by atoms with Gasteiger partial charge in [0.2, 0.25) is 5.91 Å². The van der Waals surface area contributed by atoms with Crippen molar-refractivity contribution in [3.8, 4) is 0 Å². The molecule has 1 aromatic heterocycles. The molecule has 0 aliphatic rings. The summed E-state index contributed by atoms with van der Waals surface area (Å²) < 4.78 is 2.06. The Bertz CT molecular complexity index is 839. The maximum Gasteiger partial charge on any atom is 0.248 e. The highest BCUT2D eigenvalue weighted by molar-refractivity contribution is 6.32. The number of amides is 1. The summed E-state index contributed by atoms with van der Waals surface area (Å²) in [5, 5.41) is 2.33. The third kappa shape index (κ3) is 2.75. The first-order chi connectivity index (χ1) is 10.0. The van der Waals surface area contributed by atoms with Gasteiger partial charge in [-0.25, -0.2) is 0 Å². The monoisotopic (exact) mass is 318 g/mol. The van der Waals surface area contributed by atoms with Crippen LogP contribution >= 0.6 is 23.2 Å². The first-order valence-electron chi connectivity index (χ1n) is 6.37. The summed E-state index contributed by atoms with van der Waals surface area (Å²) in [5.74, 6) is -0.485. The highest BCUT2D eigenvalue weighted by Crippen LogP contribution is 2.24. The summed E-state index contributed by atoms with van der Waals surface area (Å²) >= 11 is 12.3. The van der Waals surface area contributed by atoms with Gasteiger partial charge in [-0.05, 0) is 41.3 Å². The molecule has 0 atom stereocenters. The number of hydrogen-bond donors (Lipinski definition) is 1. The molecule has 0 aliphatic heterocycles. The third-order valence-electron chi connectivity index (χ3n) is 3.41. The standard InChI is InChI=1S/C16H12Cl2N2O/c17-13-4-3-10-5-6-20(15(10)8-13)9-12-2-1-11(16(19)21)7-14(12)18/h1-8H,9H2,(H2,19,21). The molecule has 0 unspecified atom stereocenters. The predicted octanol–water partition coefficient (Wildman–Crippen LogP) is 4.10. The zero-order valence-corrected chi connectivity index (χ0v) is 12.5. The first kappa shape index (κ1) is 14.0. The molecule has 2 aromatic carbocycles. The van der Waals surface area contributed by atoms with Gasteiger partial charge in [-0.15, -0.1) is 0 Å². The van der Waals surface area contributed by atoms with E-state index in [4.69, 9.17) is 28.9 Å². The van der Waals surface area contributed by atoms with Gasteiger partial charge in [-0.2, -0.15) is 0 Å². The summed E-state index contributed by atoms with van der Waals surface area (Å²) in [6.07, 6.45) is 1.99. The lowest BCUT2D eigenvalue weighted by Gasteiger charge is -2.09. The SMILES string of the molecule is NC(=O)c1ccc(Cn2ccc3ccc(Cl)cc32)c(Cl)c1. The van der Waals surface area contributed by atoms with Gasteiger partial charge in [-0.1, -0.05) is 35.3 Å². The van der Waals surface area contributed by atoms with Crippen LogP contribution in [-0.4, -0.2) is 10.5 Å². The first-order valence-corrected chi connectivity index (χ1v) is 7.13. The molecule has 1 amide bonds. The highest BCUT2D eigenvalue weighted by atomic mass is 35.5. The van der Waals surface area contributed by atoms with Crippen molar-refractivity contribution in [2.75, 3.05) is 0 Å². The Labute approximate surface area is 131 Å². The number of benzene rings is 2. The number of primary amides is 1. The molecule has 3 aromatic rings. The summed E-state index contributed by atoms with van der Waals surface area (Å²) in [4.78, 5) is 11.1. The maximum absolute atomic E-state index is 11.1. The number of carbonyl (C=O) groups excluding carboxylic acids is 1. The Morgan fingerprint density at radius 2 is 1.90 bits per heavy atom. The van der Waals surface area contributed by atoms with Crippen LogP contribution in [0.3, 0.4) is 0 Å². The number of nitrogens with zero attached hydrogens (tertiary/aromatic N) is 1. The van der Waals surface area contributed by atoms with Gasteiger partial charge < -0.3 is 10.3 Å². The molecule has 0 aliphatic carbocycles. The molecule has 0 spiro atoms. The van der Waals surface area contributed by atoms with Crippen LogP contribution in [0.1, 0.15) is 15.9 Å². The van der Waals surface area contributed by atoms with Crippen LogP contribution in [0.15, 0.2) is 48.7 Å². The fraction of sp³-hybridized carbons (Fsp3) is 0.0625. The van der Waals surface area contributed by atoms with E-state index in [1.807, 2.05) is 36.5 Å². The number of carbonyl (C=O) groups is 1. The molecule has 0 saturated carbocycles. The van der Waals surface area contributed by atoms with E-state index in [0.29, 0.717) is 22.2 Å². The van der Waals surface area contributed by atoms with E-state index in [9.17, 15) is 4.79 Å². The van der Waals surface area contributed by atoms with Crippen molar-refractivity contribution >= 4 is 40.0 Å². The second-order valence-electron chi connectivity index (χ2n) is 4.82. The minimum atomic E-state index is -0.485. The predicted molar refractivity (Wildman–Crippen MR) is 86.0 cm³/mol. The van der Waals surface area contributed by atoms with Crippen LogP contribution in [0.5, 0.6) is 0 Å². The van der Waals surface area contributed by atoms with Crippen LogP contribution in [0.25, 0.3) is 10.9 Å². The molecule has 0 radical (unpaired) electrons. The second kappa shape index (κ2) is 5.43. The molecule has 0 fully saturated rings. The number of fused-ring (bicyclic) bond motifs is 1. The van der Waals surface area contributed by atoms with Crippen LogP contribution in [0, 0.1) is 0 Å². The molecule has 2 N–H and O–H groups in total. The largest absolute Gasteiger partial charge is 0.366 e. The van der Waals surface area contributed by atoms with E-state index in [0.717, 1.165) is 16.5 Å². The van der Waals surface area contributed by atoms with Crippen LogP contribution in [0.4, 0.5) is 0 Å². The average molecular weight is 319 g/mol. The summed E-state index contributed by atoms with van der Waals surface area (Å²) in [6.45, 7) is 0.599. The fourth-order valence-electron chi connectivity index (χ4n) is 2.31. The van der Waals surface area contributed by atoms with Crippen molar-refractivity contribution < 1.29 is 4.79 Å². The molecular weight excluding hydrogens is 307 g/mol. The van der Waals surface area contributed by atoms with E-state index in [1.54, 1.807) is 12.1 Å². The van der Waals surface area contributed by atoms with Gasteiger partial charge in [0.15, 0.2) is 0 Å². The Hall–Kier alpha value is -1.97. The second-order valence-corrected chi connectivity index (χ2v) is 5.66. The normalized spacial score (nSPS) is 11.0. The van der Waals surface area contributed by atoms with E-state index in [1.165, 1.54) is 0 Å². The van der Waals surface area contributed by atoms with E-state index in [-0.39, 0.29) is 0 Å². The van der Waals surface area contributed by atoms with E-state index in [2.05, 4.69) is 4.57 Å². The average Bonchev–Trinajstić information content (AvgIpc) is 2.83. The van der Waals surface area contributed by atoms with E-state index < -0.39 is 5.91 Å². The molecule has 1 heterocycles. The maximum atomic E-state index is 11.1. The Kier molecular flexibility index (Phi) is 3.62. The molecule has 106 valence electrons. The van der Waals surface area contributed by atoms with Crippen molar-refractivity contribution in [1.82, 2.24) is 4.57 Å². The molecular formula is C16H12Cl2N2O. The Morgan fingerprint density at radius 3 is 2.62 bits per heavy atom. The number of aromatic nitrogens is 1. The minimum Gasteiger partial charge on any atom is -0.366 e. The summed E-state index contributed by atoms with van der Waals surface area (Å²) in [5.41, 5.74) is 7.60. The van der Waals surface area contributed by atoms with Crippen molar-refractivity contribution in [2.24, 2.45) is 5.73 Å². The van der Waals surface area contributed by atoms with Gasteiger partial charge in [0.25, 0.3) is 0 Å². The van der Waals surface area contributed by atoms with Crippen LogP contribution in [-0.2, 0) is 6.54 Å². The zero-order chi connectivity index (χ0) is 15.0. The van der Waals surface area contributed by atoms with Crippen LogP contribution < -0.4 is 5.73 Å². The fourth-order valence-corrected chi connectivity index (χ4v) is 2.71. The lowest BCUT2D eigenvalue weighted by molar-refractivity contribution is 0.100. The van der Waals surface area contributed by atoms with Crippen molar-refractivity contribution in [3.05, 3.63) is 69.8 Å². The molecule has 3 nitrogen and oxygen atoms in total. The molecule has 5 heteroatoms. The highest BCUT2D eigenvalue weighted by Gasteiger charge is 2.08. The topological polar surface area (TPSA) is 48.0 Å². The van der Waals surface area contributed by atoms with Crippen molar-refractivity contribution in [2.45, 2.75) is 6.54 Å². The Balaban J connectivity index is 1.99. The van der Waals surface area contributed by atoms with Gasteiger partial charge in [0.1, 0.15) is 0 Å². The van der Waals surface area contributed by atoms with Gasteiger partial charge in [0.05, 0.1) is 0 Å². The van der Waals surface area contributed by atoms with Crippen molar-refractivity contribution in [3.63, 3.8) is 0 Å². The van der Waals surface area contributed by atoms with Crippen LogP contribution in [0.2, 0.25) is 10.0 Å². The molecule has 21 heavy (non-hydrogen) atoms. The Morgan fingerprint density at radius 1 is 1.10 bits per heavy atom. The van der Waals surface area contributed by atoms with E-state index >= 15 is 0 Å². The molecule has 0 bridgehead atoms. The number of rotatable bonds is 3. The lowest BCUT2D eigenvalue weighted by Crippen LogP contribution is -2.11. The van der Waals surface area contributed by atoms with Gasteiger partial charge >= 0.3 is 0 Å².